The van der Waals surface area contributed by atoms with Gasteiger partial charge < -0.3 is 14.7 Å². The van der Waals surface area contributed by atoms with Crippen molar-refractivity contribution >= 4 is 29.0 Å². The normalized spacial score (nSPS) is 21.2. The molecule has 1 saturated heterocycles. The number of anilines is 1. The fourth-order valence-electron chi connectivity index (χ4n) is 4.65. The van der Waals surface area contributed by atoms with Crippen LogP contribution in [0.4, 0.5) is 5.82 Å². The molecule has 0 N–H and O–H groups in total. The second-order valence-corrected chi connectivity index (χ2v) is 8.92. The molecule has 6 nitrogen and oxygen atoms in total. The number of nitrogens with zero attached hydrogens (tertiary/aromatic N) is 4. The quantitative estimate of drug-likeness (QED) is 0.637. The fraction of sp³-hybridized carbons (Fsp3) is 0.292. The van der Waals surface area contributed by atoms with Crippen molar-refractivity contribution in [3.05, 3.63) is 82.2 Å². The van der Waals surface area contributed by atoms with Gasteiger partial charge in [0.25, 0.3) is 5.91 Å². The summed E-state index contributed by atoms with van der Waals surface area (Å²) in [6.07, 6.45) is 1.80. The molecule has 1 aromatic carbocycles. The maximum absolute atomic E-state index is 13.9. The predicted molar refractivity (Wildman–Crippen MR) is 121 cm³/mol. The number of rotatable bonds is 3. The summed E-state index contributed by atoms with van der Waals surface area (Å²) in [5.74, 6) is 0.599. The minimum absolute atomic E-state index is 0.0296. The van der Waals surface area contributed by atoms with E-state index >= 15 is 0 Å². The molecule has 2 aromatic heterocycles. The molecule has 2 amide bonds. The number of carbonyl (C=O) groups excluding carboxylic acids is 2. The first-order valence-corrected chi connectivity index (χ1v) is 11.4. The van der Waals surface area contributed by atoms with Crippen molar-refractivity contribution in [3.63, 3.8) is 0 Å². The minimum atomic E-state index is -0.404. The molecule has 2 aliphatic heterocycles. The molecule has 1 fully saturated rings. The first-order chi connectivity index (χ1) is 15.1. The Morgan fingerprint density at radius 3 is 2.48 bits per heavy atom. The highest BCUT2D eigenvalue weighted by Gasteiger charge is 2.44. The average Bonchev–Trinajstić information content (AvgIpc) is 3.36. The smallest absolute Gasteiger partial charge is 0.254 e. The van der Waals surface area contributed by atoms with E-state index in [1.54, 1.807) is 22.4 Å². The summed E-state index contributed by atoms with van der Waals surface area (Å²) in [5.41, 5.74) is 1.46. The third-order valence-corrected chi connectivity index (χ3v) is 7.19. The van der Waals surface area contributed by atoms with E-state index in [4.69, 9.17) is 0 Å². The molecule has 158 valence electrons. The van der Waals surface area contributed by atoms with Gasteiger partial charge in [0.2, 0.25) is 5.91 Å². The fourth-order valence-corrected chi connectivity index (χ4v) is 5.55. The van der Waals surface area contributed by atoms with Crippen LogP contribution in [0.25, 0.3) is 0 Å². The standard InChI is InChI=1S/C24H24N4O2S/c1-26-22(19-9-6-16-31-19)21(17-7-2-3-8-18(17)23(26)29)24(30)28-14-12-27(13-15-28)20-10-4-5-11-25-20/h2-11,16,21-22H,12-15H2,1H3. The summed E-state index contributed by atoms with van der Waals surface area (Å²) in [4.78, 5) is 38.3. The van der Waals surface area contributed by atoms with E-state index < -0.39 is 5.92 Å². The molecule has 7 heteroatoms. The maximum atomic E-state index is 13.9. The van der Waals surface area contributed by atoms with Crippen molar-refractivity contribution in [2.45, 2.75) is 12.0 Å². The second-order valence-electron chi connectivity index (χ2n) is 7.94. The Hall–Kier alpha value is -3.19. The van der Waals surface area contributed by atoms with Gasteiger partial charge in [-0.25, -0.2) is 4.98 Å². The summed E-state index contributed by atoms with van der Waals surface area (Å²) in [6.45, 7) is 2.77. The largest absolute Gasteiger partial charge is 0.353 e. The Bertz CT molecular complexity index is 1080. The molecule has 0 radical (unpaired) electrons. The van der Waals surface area contributed by atoms with Gasteiger partial charge in [0, 0.05) is 49.9 Å². The first-order valence-electron chi connectivity index (χ1n) is 10.5. The van der Waals surface area contributed by atoms with E-state index in [2.05, 4.69) is 9.88 Å². The van der Waals surface area contributed by atoms with Crippen LogP contribution in [0, 0.1) is 0 Å². The van der Waals surface area contributed by atoms with E-state index in [0.29, 0.717) is 18.7 Å². The predicted octanol–water partition coefficient (Wildman–Crippen LogP) is 3.40. The van der Waals surface area contributed by atoms with Gasteiger partial charge in [-0.3, -0.25) is 9.59 Å². The maximum Gasteiger partial charge on any atom is 0.254 e. The van der Waals surface area contributed by atoms with Crippen molar-refractivity contribution in [1.82, 2.24) is 14.8 Å². The van der Waals surface area contributed by atoms with E-state index in [1.165, 1.54) is 0 Å². The summed E-state index contributed by atoms with van der Waals surface area (Å²) in [5, 5.41) is 2.00. The number of hydrogen-bond donors (Lipinski definition) is 0. The Labute approximate surface area is 185 Å². The highest BCUT2D eigenvalue weighted by atomic mass is 32.1. The lowest BCUT2D eigenvalue weighted by Gasteiger charge is -2.43. The second kappa shape index (κ2) is 8.15. The number of fused-ring (bicyclic) bond motifs is 1. The lowest BCUT2D eigenvalue weighted by molar-refractivity contribution is -0.134. The summed E-state index contributed by atoms with van der Waals surface area (Å²) in [7, 11) is 1.81. The number of carbonyl (C=O) groups is 2. The molecule has 5 rings (SSSR count). The number of benzene rings is 1. The molecule has 31 heavy (non-hydrogen) atoms. The van der Waals surface area contributed by atoms with E-state index in [1.807, 2.05) is 71.9 Å². The van der Waals surface area contributed by atoms with Crippen LogP contribution in [0.2, 0.25) is 0 Å². The molecule has 2 unspecified atom stereocenters. The summed E-state index contributed by atoms with van der Waals surface area (Å²) < 4.78 is 0. The molecule has 0 aliphatic carbocycles. The molecular weight excluding hydrogens is 408 g/mol. The van der Waals surface area contributed by atoms with Crippen LogP contribution in [0.3, 0.4) is 0 Å². The van der Waals surface area contributed by atoms with E-state index in [9.17, 15) is 9.59 Å². The molecule has 4 heterocycles. The van der Waals surface area contributed by atoms with Gasteiger partial charge in [-0.05, 0) is 35.2 Å². The number of likely N-dealkylation sites (N-methyl/N-ethyl adjacent to an activating group) is 1. The van der Waals surface area contributed by atoms with Gasteiger partial charge >= 0.3 is 0 Å². The lowest BCUT2D eigenvalue weighted by atomic mass is 9.81. The van der Waals surface area contributed by atoms with Crippen LogP contribution >= 0.6 is 11.3 Å². The van der Waals surface area contributed by atoms with Crippen molar-refractivity contribution in [2.75, 3.05) is 38.1 Å². The number of aromatic nitrogens is 1. The Morgan fingerprint density at radius 1 is 1.00 bits per heavy atom. The zero-order valence-corrected chi connectivity index (χ0v) is 18.2. The molecule has 0 spiro atoms. The summed E-state index contributed by atoms with van der Waals surface area (Å²) in [6, 6.07) is 17.2. The van der Waals surface area contributed by atoms with Crippen molar-refractivity contribution in [3.8, 4) is 0 Å². The number of pyridine rings is 1. The Balaban J connectivity index is 1.45. The minimum Gasteiger partial charge on any atom is -0.353 e. The third-order valence-electron chi connectivity index (χ3n) is 6.24. The zero-order chi connectivity index (χ0) is 21.4. The Morgan fingerprint density at radius 2 is 1.77 bits per heavy atom. The SMILES string of the molecule is CN1C(=O)c2ccccc2C(C(=O)N2CCN(c3ccccn3)CC2)C1c1cccs1. The van der Waals surface area contributed by atoms with Crippen LogP contribution in [0.5, 0.6) is 0 Å². The van der Waals surface area contributed by atoms with E-state index in [0.717, 1.165) is 29.3 Å². The monoisotopic (exact) mass is 432 g/mol. The van der Waals surface area contributed by atoms with Crippen molar-refractivity contribution < 1.29 is 9.59 Å². The number of thiophene rings is 1. The van der Waals surface area contributed by atoms with Gasteiger partial charge in [0.1, 0.15) is 5.82 Å². The van der Waals surface area contributed by atoms with Crippen LogP contribution < -0.4 is 4.90 Å². The van der Waals surface area contributed by atoms with Crippen LogP contribution in [0.15, 0.2) is 66.2 Å². The third kappa shape index (κ3) is 3.49. The van der Waals surface area contributed by atoms with Gasteiger partial charge in [0.15, 0.2) is 0 Å². The van der Waals surface area contributed by atoms with Crippen LogP contribution in [-0.4, -0.2) is 59.8 Å². The molecule has 0 saturated carbocycles. The number of piperazine rings is 1. The van der Waals surface area contributed by atoms with Gasteiger partial charge in [-0.1, -0.05) is 30.3 Å². The Kier molecular flexibility index (Phi) is 5.19. The molecule has 2 aliphatic rings. The topological polar surface area (TPSA) is 56.8 Å². The van der Waals surface area contributed by atoms with E-state index in [-0.39, 0.29) is 17.9 Å². The summed E-state index contributed by atoms with van der Waals surface area (Å²) >= 11 is 1.59. The van der Waals surface area contributed by atoms with Gasteiger partial charge in [0.05, 0.1) is 12.0 Å². The van der Waals surface area contributed by atoms with Crippen molar-refractivity contribution in [1.29, 1.82) is 0 Å². The van der Waals surface area contributed by atoms with Crippen LogP contribution in [0.1, 0.15) is 32.8 Å². The number of hydrogen-bond acceptors (Lipinski definition) is 5. The highest BCUT2D eigenvalue weighted by Crippen LogP contribution is 2.44. The molecule has 2 atom stereocenters. The average molecular weight is 433 g/mol. The highest BCUT2D eigenvalue weighted by molar-refractivity contribution is 7.10. The molecule has 0 bridgehead atoms. The van der Waals surface area contributed by atoms with Crippen LogP contribution in [-0.2, 0) is 4.79 Å². The molecular formula is C24H24N4O2S. The molecule has 3 aromatic rings. The zero-order valence-electron chi connectivity index (χ0n) is 17.3. The van der Waals surface area contributed by atoms with Gasteiger partial charge in [-0.15, -0.1) is 11.3 Å². The van der Waals surface area contributed by atoms with Crippen molar-refractivity contribution in [2.24, 2.45) is 0 Å². The lowest BCUT2D eigenvalue weighted by Crippen LogP contribution is -2.53. The number of amides is 2. The first kappa shape index (κ1) is 19.8. The van der Waals surface area contributed by atoms with Gasteiger partial charge in [-0.2, -0.15) is 0 Å².